The van der Waals surface area contributed by atoms with Gasteiger partial charge in [0, 0.05) is 28.8 Å². The van der Waals surface area contributed by atoms with E-state index >= 15 is 0 Å². The van der Waals surface area contributed by atoms with Gasteiger partial charge in [0.25, 0.3) is 5.91 Å². The number of amides is 1. The Balaban J connectivity index is 1.87. The lowest BCUT2D eigenvalue weighted by Crippen LogP contribution is -2.45. The van der Waals surface area contributed by atoms with E-state index in [9.17, 15) is 9.59 Å². The van der Waals surface area contributed by atoms with Crippen LogP contribution in [-0.2, 0) is 16.0 Å². The lowest BCUT2D eigenvalue weighted by atomic mass is 9.95. The molecule has 1 aromatic carbocycles. The number of ether oxygens (including phenoxy) is 2. The number of hydrogen-bond acceptors (Lipinski definition) is 7. The second kappa shape index (κ2) is 8.16. The number of rotatable bonds is 4. The molecular weight excluding hydrogens is 426 g/mol. The summed E-state index contributed by atoms with van der Waals surface area (Å²) in [6.45, 7) is 6.06. The highest BCUT2D eigenvalue weighted by molar-refractivity contribution is 7.10. The molecule has 2 aliphatic heterocycles. The predicted octanol–water partition coefficient (Wildman–Crippen LogP) is 4.07. The molecule has 1 N–H and O–H groups in total. The Morgan fingerprint density at radius 2 is 1.97 bits per heavy atom. The topological polar surface area (TPSA) is 71.1 Å². The molecule has 0 saturated heterocycles. The van der Waals surface area contributed by atoms with Crippen molar-refractivity contribution < 1.29 is 19.1 Å². The number of hydrogen-bond donors (Lipinski definition) is 1. The Labute approximate surface area is 192 Å². The van der Waals surface area contributed by atoms with Crippen LogP contribution in [0, 0.1) is 0 Å². The van der Waals surface area contributed by atoms with E-state index in [1.165, 1.54) is 7.11 Å². The number of esters is 1. The number of nitrogens with one attached hydrogen (secondary N) is 1. The number of allylic oxidation sites excluding steroid dienone is 1. The zero-order valence-corrected chi connectivity index (χ0v) is 20.1. The van der Waals surface area contributed by atoms with Gasteiger partial charge in [0.05, 0.1) is 14.2 Å². The van der Waals surface area contributed by atoms with Crippen LogP contribution in [0.4, 0.5) is 5.69 Å². The Bertz CT molecular complexity index is 1090. The fraction of sp³-hybridized carbons (Fsp3) is 0.417. The van der Waals surface area contributed by atoms with Crippen molar-refractivity contribution in [2.75, 3.05) is 26.2 Å². The molecule has 4 rings (SSSR count). The van der Waals surface area contributed by atoms with Crippen molar-refractivity contribution in [3.05, 3.63) is 57.0 Å². The van der Waals surface area contributed by atoms with Crippen LogP contribution in [0.5, 0.6) is 5.75 Å². The summed E-state index contributed by atoms with van der Waals surface area (Å²) in [7, 11) is 4.74. The third-order valence-electron chi connectivity index (χ3n) is 6.15. The smallest absolute Gasteiger partial charge is 0.341 e. The third kappa shape index (κ3) is 3.62. The van der Waals surface area contributed by atoms with Gasteiger partial charge in [0.2, 0.25) is 0 Å². The molecule has 0 aliphatic carbocycles. The Kier molecular flexibility index (Phi) is 5.67. The van der Waals surface area contributed by atoms with Gasteiger partial charge in [-0.25, -0.2) is 4.79 Å². The van der Waals surface area contributed by atoms with E-state index in [0.717, 1.165) is 28.2 Å². The minimum absolute atomic E-state index is 0.0401. The number of aryl methyl sites for hydroxylation is 1. The van der Waals surface area contributed by atoms with Crippen LogP contribution >= 0.6 is 11.3 Å². The molecule has 32 heavy (non-hydrogen) atoms. The Hall–Kier alpha value is -3.00. The van der Waals surface area contributed by atoms with Crippen LogP contribution in [-0.4, -0.2) is 43.6 Å². The molecule has 1 unspecified atom stereocenters. The first-order valence-electron chi connectivity index (χ1n) is 10.6. The molecule has 1 amide bonds. The molecule has 1 atom stereocenters. The number of thiophene rings is 1. The van der Waals surface area contributed by atoms with Crippen molar-refractivity contribution in [2.45, 2.75) is 45.3 Å². The predicted molar refractivity (Wildman–Crippen MR) is 125 cm³/mol. The highest BCUT2D eigenvalue weighted by Gasteiger charge is 2.42. The van der Waals surface area contributed by atoms with Crippen LogP contribution in [0.1, 0.15) is 54.2 Å². The first kappa shape index (κ1) is 22.2. The van der Waals surface area contributed by atoms with Gasteiger partial charge in [-0.2, -0.15) is 0 Å². The molecule has 0 radical (unpaired) electrons. The van der Waals surface area contributed by atoms with Crippen molar-refractivity contribution >= 4 is 28.9 Å². The minimum Gasteiger partial charge on any atom is -0.496 e. The van der Waals surface area contributed by atoms with Crippen LogP contribution in [0.25, 0.3) is 0 Å². The summed E-state index contributed by atoms with van der Waals surface area (Å²) in [6.07, 6.45) is 1.23. The number of carbonyl (C=O) groups is 2. The van der Waals surface area contributed by atoms with Crippen molar-refractivity contribution in [3.8, 4) is 5.75 Å². The van der Waals surface area contributed by atoms with Crippen LogP contribution in [0.3, 0.4) is 0 Å². The second-order valence-corrected chi connectivity index (χ2v) is 9.94. The third-order valence-corrected chi connectivity index (χ3v) is 7.08. The first-order valence-corrected chi connectivity index (χ1v) is 11.4. The lowest BCUT2D eigenvalue weighted by Gasteiger charge is -2.34. The number of methoxy groups -OCH3 is 2. The molecule has 7 nitrogen and oxygen atoms in total. The summed E-state index contributed by atoms with van der Waals surface area (Å²) in [5, 5.41) is 5.52. The number of nitrogens with zero attached hydrogens (tertiary/aromatic N) is 2. The summed E-state index contributed by atoms with van der Waals surface area (Å²) in [5.41, 5.74) is 3.57. The molecule has 0 bridgehead atoms. The molecule has 0 spiro atoms. The molecule has 2 aromatic rings. The normalized spacial score (nSPS) is 17.4. The average molecular weight is 456 g/mol. The molecule has 3 heterocycles. The Morgan fingerprint density at radius 1 is 1.22 bits per heavy atom. The SMILES string of the molecule is COC(=O)c1cc2c(cc1OC)CCC1=C(C(=O)N(C)C(C)(C)C)NC(c3cccs3)N12. The summed E-state index contributed by atoms with van der Waals surface area (Å²) >= 11 is 1.63. The molecule has 8 heteroatoms. The monoisotopic (exact) mass is 455 g/mol. The molecule has 0 fully saturated rings. The lowest BCUT2D eigenvalue weighted by molar-refractivity contribution is -0.130. The van der Waals surface area contributed by atoms with Crippen molar-refractivity contribution in [1.82, 2.24) is 10.2 Å². The highest BCUT2D eigenvalue weighted by atomic mass is 32.1. The second-order valence-electron chi connectivity index (χ2n) is 8.96. The van der Waals surface area contributed by atoms with Gasteiger partial charge in [-0.15, -0.1) is 11.3 Å². The minimum atomic E-state index is -0.454. The van der Waals surface area contributed by atoms with E-state index in [1.54, 1.807) is 23.3 Å². The standard InChI is InChI=1S/C24H29N3O4S/c1-24(2,3)26(4)22(28)20-16-10-9-14-12-18(30-5)15(23(29)31-6)13-17(14)27(16)21(25-20)19-8-7-11-32-19/h7-8,11-13,21,25H,9-10H2,1-6H3. The molecule has 2 aliphatic rings. The summed E-state index contributed by atoms with van der Waals surface area (Å²) in [5.74, 6) is -0.00215. The van der Waals surface area contributed by atoms with E-state index < -0.39 is 5.97 Å². The van der Waals surface area contributed by atoms with Crippen LogP contribution in [0.2, 0.25) is 0 Å². The van der Waals surface area contributed by atoms with Crippen LogP contribution < -0.4 is 15.0 Å². The van der Waals surface area contributed by atoms with Crippen LogP contribution in [0.15, 0.2) is 41.0 Å². The number of carbonyl (C=O) groups excluding carboxylic acids is 2. The quantitative estimate of drug-likeness (QED) is 0.701. The fourth-order valence-corrected chi connectivity index (χ4v) is 4.88. The first-order chi connectivity index (χ1) is 15.2. The highest BCUT2D eigenvalue weighted by Crippen LogP contribution is 2.46. The van der Waals surface area contributed by atoms with E-state index in [2.05, 4.69) is 16.3 Å². The molecular formula is C24H29N3O4S. The Morgan fingerprint density at radius 3 is 2.56 bits per heavy atom. The zero-order valence-electron chi connectivity index (χ0n) is 19.3. The summed E-state index contributed by atoms with van der Waals surface area (Å²) in [6, 6.07) is 7.79. The van der Waals surface area contributed by atoms with Crippen molar-refractivity contribution in [3.63, 3.8) is 0 Å². The molecule has 0 saturated carbocycles. The maximum atomic E-state index is 13.5. The number of likely N-dealkylation sites (N-methyl/N-ethyl adjacent to an activating group) is 1. The van der Waals surface area contributed by atoms with Gasteiger partial charge >= 0.3 is 5.97 Å². The van der Waals surface area contributed by atoms with Crippen molar-refractivity contribution in [1.29, 1.82) is 0 Å². The van der Waals surface area contributed by atoms with E-state index in [-0.39, 0.29) is 17.6 Å². The summed E-state index contributed by atoms with van der Waals surface area (Å²) < 4.78 is 10.5. The van der Waals surface area contributed by atoms with E-state index in [1.807, 2.05) is 51.4 Å². The van der Waals surface area contributed by atoms with Gasteiger partial charge in [-0.1, -0.05) is 6.07 Å². The summed E-state index contributed by atoms with van der Waals surface area (Å²) in [4.78, 5) is 30.9. The van der Waals surface area contributed by atoms with E-state index in [4.69, 9.17) is 9.47 Å². The van der Waals surface area contributed by atoms with E-state index in [0.29, 0.717) is 23.4 Å². The maximum absolute atomic E-state index is 13.5. The number of fused-ring (bicyclic) bond motifs is 3. The fourth-order valence-electron chi connectivity index (χ4n) is 4.12. The maximum Gasteiger partial charge on any atom is 0.341 e. The van der Waals surface area contributed by atoms with Gasteiger partial charge in [-0.05, 0) is 62.8 Å². The van der Waals surface area contributed by atoms with Crippen molar-refractivity contribution in [2.24, 2.45) is 0 Å². The largest absolute Gasteiger partial charge is 0.496 e. The number of benzene rings is 1. The van der Waals surface area contributed by atoms with Gasteiger partial charge in [0.15, 0.2) is 0 Å². The van der Waals surface area contributed by atoms with Gasteiger partial charge < -0.3 is 24.6 Å². The van der Waals surface area contributed by atoms with Gasteiger partial charge in [-0.3, -0.25) is 4.79 Å². The number of anilines is 1. The average Bonchev–Trinajstić information content (AvgIpc) is 3.43. The van der Waals surface area contributed by atoms with Gasteiger partial charge in [0.1, 0.15) is 23.2 Å². The zero-order chi connectivity index (χ0) is 23.2. The molecule has 170 valence electrons. The molecule has 1 aromatic heterocycles.